The molecule has 4 rings (SSSR count). The van der Waals surface area contributed by atoms with E-state index < -0.39 is 50.8 Å². The second kappa shape index (κ2) is 15.2. The molecule has 0 aliphatic heterocycles. The Morgan fingerprint density at radius 3 is 0.638 bits per heavy atom. The summed E-state index contributed by atoms with van der Waals surface area (Å²) in [6.45, 7) is 35.8. The Morgan fingerprint density at radius 2 is 0.448 bits per heavy atom. The molecule has 0 heterocycles. The highest BCUT2D eigenvalue weighted by Gasteiger charge is 2.34. The van der Waals surface area contributed by atoms with Crippen LogP contribution in [0.15, 0.2) is 48.5 Å². The van der Waals surface area contributed by atoms with E-state index in [1.807, 2.05) is 125 Å². The molecule has 7 nitrogen and oxygen atoms in total. The molecular formula is C51H72O7. The van der Waals surface area contributed by atoms with Crippen LogP contribution in [0, 0.1) is 0 Å². The number of benzene rings is 4. The lowest BCUT2D eigenvalue weighted by atomic mass is 9.76. The van der Waals surface area contributed by atoms with E-state index in [-0.39, 0.29) is 34.1 Å². The predicted octanol–water partition coefficient (Wildman–Crippen LogP) is 11.5. The molecule has 4 aromatic rings. The van der Waals surface area contributed by atoms with Gasteiger partial charge in [-0.2, -0.15) is 0 Å². The first-order chi connectivity index (χ1) is 26.0. The van der Waals surface area contributed by atoms with Crippen molar-refractivity contribution in [3.63, 3.8) is 0 Å². The molecule has 0 aliphatic carbocycles. The maximum atomic E-state index is 12.4. The quantitative estimate of drug-likeness (QED) is 0.103. The number of phenolic OH excluding ortho intramolecular Hbond substituents is 4. The molecule has 0 spiro atoms. The first-order valence-corrected chi connectivity index (χ1v) is 20.5. The van der Waals surface area contributed by atoms with Crippen molar-refractivity contribution < 1.29 is 35.7 Å². The van der Waals surface area contributed by atoms with E-state index in [1.165, 1.54) is 0 Å². The zero-order valence-electron chi connectivity index (χ0n) is 38.5. The summed E-state index contributed by atoms with van der Waals surface area (Å²) in [4.78, 5) is 0. The summed E-state index contributed by atoms with van der Waals surface area (Å²) in [6, 6.07) is 13.7. The normalized spacial score (nSPS) is 15.1. The molecule has 58 heavy (non-hydrogen) atoms. The number of aliphatic hydroxyl groups is 3. The SMILES string of the molecule is CC(C)(C)c1cc(C(O)c2cc(C(O)c3cc(C(C)(C)C)c(O)c(C(C)(C)C)c3)c(O)c(C(O)c3cc(C(C)(C)C)c(O)c(C(C)(C)C)c3)c2)cc(C(C)(C)C)c1O. The molecule has 318 valence electrons. The van der Waals surface area contributed by atoms with Crippen LogP contribution < -0.4 is 0 Å². The van der Waals surface area contributed by atoms with E-state index in [0.717, 1.165) is 0 Å². The van der Waals surface area contributed by atoms with E-state index in [0.29, 0.717) is 55.6 Å². The topological polar surface area (TPSA) is 142 Å². The van der Waals surface area contributed by atoms with Crippen molar-refractivity contribution >= 4 is 0 Å². The highest BCUT2D eigenvalue weighted by molar-refractivity contribution is 5.58. The van der Waals surface area contributed by atoms with Crippen molar-refractivity contribution in [2.75, 3.05) is 0 Å². The lowest BCUT2D eigenvalue weighted by Crippen LogP contribution is -2.19. The number of aliphatic hydroxyl groups excluding tert-OH is 3. The highest BCUT2D eigenvalue weighted by Crippen LogP contribution is 2.48. The Morgan fingerprint density at radius 1 is 0.276 bits per heavy atom. The largest absolute Gasteiger partial charge is 0.507 e. The van der Waals surface area contributed by atoms with Gasteiger partial charge in [0.1, 0.15) is 41.3 Å². The zero-order chi connectivity index (χ0) is 44.6. The summed E-state index contributed by atoms with van der Waals surface area (Å²) < 4.78 is 0. The molecule has 7 heteroatoms. The van der Waals surface area contributed by atoms with Crippen molar-refractivity contribution in [1.29, 1.82) is 0 Å². The molecule has 4 aromatic carbocycles. The zero-order valence-corrected chi connectivity index (χ0v) is 38.5. The summed E-state index contributed by atoms with van der Waals surface area (Å²) >= 11 is 0. The van der Waals surface area contributed by atoms with Crippen molar-refractivity contribution in [3.05, 3.63) is 115 Å². The molecule has 0 fully saturated rings. The third-order valence-electron chi connectivity index (χ3n) is 11.3. The summed E-state index contributed by atoms with van der Waals surface area (Å²) in [6.07, 6.45) is -4.18. The van der Waals surface area contributed by atoms with Crippen molar-refractivity contribution in [2.24, 2.45) is 0 Å². The van der Waals surface area contributed by atoms with E-state index in [1.54, 1.807) is 48.5 Å². The number of rotatable bonds is 6. The smallest absolute Gasteiger partial charge is 0.127 e. The minimum absolute atomic E-state index is 0.0627. The average molecular weight is 797 g/mol. The lowest BCUT2D eigenvalue weighted by Gasteiger charge is -2.31. The molecule has 0 saturated heterocycles. The fourth-order valence-corrected chi connectivity index (χ4v) is 7.70. The maximum Gasteiger partial charge on any atom is 0.127 e. The van der Waals surface area contributed by atoms with Crippen LogP contribution in [0.4, 0.5) is 0 Å². The van der Waals surface area contributed by atoms with Crippen molar-refractivity contribution in [2.45, 2.75) is 175 Å². The summed E-state index contributed by atoms with van der Waals surface area (Å²) in [7, 11) is 0. The van der Waals surface area contributed by atoms with Gasteiger partial charge in [0.25, 0.3) is 0 Å². The van der Waals surface area contributed by atoms with Gasteiger partial charge in [0, 0.05) is 11.1 Å². The molecule has 0 aliphatic rings. The van der Waals surface area contributed by atoms with E-state index >= 15 is 0 Å². The second-order valence-corrected chi connectivity index (χ2v) is 22.6. The fraction of sp³-hybridized carbons (Fsp3) is 0.529. The van der Waals surface area contributed by atoms with Gasteiger partial charge in [0.2, 0.25) is 0 Å². The Kier molecular flexibility index (Phi) is 12.2. The molecular weight excluding hydrogens is 725 g/mol. The van der Waals surface area contributed by atoms with Crippen LogP contribution in [0.5, 0.6) is 23.0 Å². The Bertz CT molecular complexity index is 1950. The number of phenols is 4. The Hall–Kier alpha value is -4.04. The van der Waals surface area contributed by atoms with Gasteiger partial charge >= 0.3 is 0 Å². The molecule has 0 bridgehead atoms. The van der Waals surface area contributed by atoms with Gasteiger partial charge < -0.3 is 35.7 Å². The van der Waals surface area contributed by atoms with Gasteiger partial charge in [0.05, 0.1) is 0 Å². The van der Waals surface area contributed by atoms with Crippen molar-refractivity contribution in [3.8, 4) is 23.0 Å². The standard InChI is InChI=1S/C51H72O7/c1-46(2,3)33-21-28(22-34(43(33)56)47(4,5)6)39(52)27-19-31(40(53)29-23-35(48(7,8)9)44(57)36(24-29)49(10,11)12)42(55)32(20-27)41(54)30-25-37(50(13,14)15)45(58)38(26-30)51(16,17)18/h19-26,39-41,52-58H,1-18H3. The first kappa shape index (κ1) is 46.6. The van der Waals surface area contributed by atoms with Crippen LogP contribution in [-0.2, 0) is 32.5 Å². The maximum absolute atomic E-state index is 12.4. The molecule has 0 aromatic heterocycles. The Labute approximate surface area is 348 Å². The van der Waals surface area contributed by atoms with Crippen LogP contribution in [0.25, 0.3) is 0 Å². The van der Waals surface area contributed by atoms with Crippen molar-refractivity contribution in [1.82, 2.24) is 0 Å². The Balaban J connectivity index is 2.14. The van der Waals surface area contributed by atoms with Crippen LogP contribution in [0.2, 0.25) is 0 Å². The highest BCUT2D eigenvalue weighted by atomic mass is 16.3. The molecule has 7 N–H and O–H groups in total. The van der Waals surface area contributed by atoms with E-state index in [4.69, 9.17) is 0 Å². The predicted molar refractivity (Wildman–Crippen MR) is 237 cm³/mol. The lowest BCUT2D eigenvalue weighted by molar-refractivity contribution is 0.199. The van der Waals surface area contributed by atoms with E-state index in [2.05, 4.69) is 0 Å². The second-order valence-electron chi connectivity index (χ2n) is 22.6. The summed E-state index contributed by atoms with van der Waals surface area (Å²) in [5, 5.41) is 84.0. The average Bonchev–Trinajstić information content (AvgIpc) is 3.04. The summed E-state index contributed by atoms with van der Waals surface area (Å²) in [5.41, 5.74) is 2.72. The van der Waals surface area contributed by atoms with Crippen LogP contribution in [0.1, 0.15) is 210 Å². The van der Waals surface area contributed by atoms with Gasteiger partial charge in [0.15, 0.2) is 0 Å². The van der Waals surface area contributed by atoms with Gasteiger partial charge in [-0.05, 0) is 137 Å². The fourth-order valence-electron chi connectivity index (χ4n) is 7.70. The van der Waals surface area contributed by atoms with E-state index in [9.17, 15) is 35.7 Å². The number of aromatic hydroxyl groups is 4. The number of hydrogen-bond acceptors (Lipinski definition) is 7. The third kappa shape index (κ3) is 9.38. The first-order valence-electron chi connectivity index (χ1n) is 20.5. The molecule has 0 radical (unpaired) electrons. The minimum atomic E-state index is -1.44. The van der Waals surface area contributed by atoms with Gasteiger partial charge in [-0.1, -0.05) is 125 Å². The van der Waals surface area contributed by atoms with Crippen LogP contribution in [0.3, 0.4) is 0 Å². The van der Waals surface area contributed by atoms with Gasteiger partial charge in [-0.3, -0.25) is 0 Å². The minimum Gasteiger partial charge on any atom is -0.507 e. The van der Waals surface area contributed by atoms with Gasteiger partial charge in [-0.15, -0.1) is 0 Å². The van der Waals surface area contributed by atoms with Gasteiger partial charge in [-0.25, -0.2) is 0 Å². The molecule has 3 unspecified atom stereocenters. The van der Waals surface area contributed by atoms with Crippen LogP contribution in [-0.4, -0.2) is 35.7 Å². The molecule has 3 atom stereocenters. The monoisotopic (exact) mass is 797 g/mol. The van der Waals surface area contributed by atoms with Crippen LogP contribution >= 0.6 is 0 Å². The third-order valence-corrected chi connectivity index (χ3v) is 11.3. The summed E-state index contributed by atoms with van der Waals surface area (Å²) in [5.74, 6) is 0.113. The number of hydrogen-bond donors (Lipinski definition) is 7. The molecule has 0 amide bonds. The molecule has 0 saturated carbocycles.